The van der Waals surface area contributed by atoms with Gasteiger partial charge in [-0.15, -0.1) is 0 Å². The van der Waals surface area contributed by atoms with Crippen LogP contribution in [0.4, 0.5) is 0 Å². The lowest BCUT2D eigenvalue weighted by molar-refractivity contribution is -0.167. The lowest BCUT2D eigenvalue weighted by atomic mass is 10.00. The summed E-state index contributed by atoms with van der Waals surface area (Å²) in [6.45, 7) is 5.84. The Morgan fingerprint density at radius 3 is 1.95 bits per heavy atom. The molecule has 1 fully saturated rings. The molecule has 0 bridgehead atoms. The van der Waals surface area contributed by atoms with Gasteiger partial charge >= 0.3 is 11.9 Å². The first-order valence-electron chi connectivity index (χ1n) is 7.61. The van der Waals surface area contributed by atoms with Crippen molar-refractivity contribution in [2.45, 2.75) is 39.2 Å². The van der Waals surface area contributed by atoms with E-state index in [2.05, 4.69) is 0 Å². The first kappa shape index (κ1) is 16.3. The van der Waals surface area contributed by atoms with Crippen LogP contribution in [0.2, 0.25) is 0 Å². The molecule has 1 saturated carbocycles. The molecular weight excluding hydrogens is 284 g/mol. The van der Waals surface area contributed by atoms with E-state index < -0.39 is 23.5 Å². The number of ether oxygens (including phenoxy) is 3. The third-order valence-electron chi connectivity index (χ3n) is 3.66. The van der Waals surface area contributed by atoms with Crippen molar-refractivity contribution in [1.82, 2.24) is 0 Å². The minimum atomic E-state index is -1.03. The fourth-order valence-electron chi connectivity index (χ4n) is 2.39. The third kappa shape index (κ3) is 3.59. The van der Waals surface area contributed by atoms with Crippen molar-refractivity contribution in [3.8, 4) is 5.75 Å². The van der Waals surface area contributed by atoms with E-state index in [0.717, 1.165) is 5.56 Å². The Labute approximate surface area is 130 Å². The number of rotatable bonds is 7. The van der Waals surface area contributed by atoms with E-state index in [1.54, 1.807) is 13.8 Å². The van der Waals surface area contributed by atoms with Crippen LogP contribution in [0.1, 0.15) is 32.3 Å². The van der Waals surface area contributed by atoms with E-state index in [1.807, 2.05) is 31.2 Å². The minimum Gasteiger partial charge on any atom is -0.486 e. The van der Waals surface area contributed by atoms with Crippen LogP contribution in [-0.2, 0) is 19.1 Å². The number of aryl methyl sites for hydroxylation is 1. The van der Waals surface area contributed by atoms with Crippen molar-refractivity contribution in [2.75, 3.05) is 13.2 Å². The van der Waals surface area contributed by atoms with Gasteiger partial charge in [-0.3, -0.25) is 9.59 Å². The summed E-state index contributed by atoms with van der Waals surface area (Å²) in [5.41, 5.74) is 0.276. The molecule has 0 N–H and O–H groups in total. The smallest absolute Gasteiger partial charge is 0.324 e. The Bertz CT molecular complexity index is 512. The normalized spacial score (nSPS) is 15.3. The largest absolute Gasteiger partial charge is 0.486 e. The van der Waals surface area contributed by atoms with E-state index in [1.165, 1.54) is 0 Å². The van der Waals surface area contributed by atoms with Crippen molar-refractivity contribution < 1.29 is 23.8 Å². The van der Waals surface area contributed by atoms with Gasteiger partial charge in [-0.2, -0.15) is 0 Å². The standard InChI is InChI=1S/C17H22O5/c1-4-20-15(18)14(16(19)21-5-2)17(10-11-17)22-13-8-6-12(3)7-9-13/h6-9,14H,4-5,10-11H2,1-3H3. The fraction of sp³-hybridized carbons (Fsp3) is 0.529. The van der Waals surface area contributed by atoms with Crippen LogP contribution in [-0.4, -0.2) is 30.8 Å². The van der Waals surface area contributed by atoms with Gasteiger partial charge in [-0.25, -0.2) is 0 Å². The zero-order valence-corrected chi connectivity index (χ0v) is 13.3. The van der Waals surface area contributed by atoms with Crippen LogP contribution in [0.25, 0.3) is 0 Å². The highest BCUT2D eigenvalue weighted by atomic mass is 16.6. The van der Waals surface area contributed by atoms with Crippen molar-refractivity contribution in [3.05, 3.63) is 29.8 Å². The maximum atomic E-state index is 12.2. The van der Waals surface area contributed by atoms with Crippen LogP contribution in [0.15, 0.2) is 24.3 Å². The zero-order valence-electron chi connectivity index (χ0n) is 13.3. The number of carbonyl (C=O) groups excluding carboxylic acids is 2. The highest BCUT2D eigenvalue weighted by molar-refractivity contribution is 5.97. The van der Waals surface area contributed by atoms with Crippen LogP contribution in [0.5, 0.6) is 5.75 Å². The highest BCUT2D eigenvalue weighted by Crippen LogP contribution is 2.47. The second-order valence-electron chi connectivity index (χ2n) is 5.42. The molecule has 0 heterocycles. The predicted octanol–water partition coefficient (Wildman–Crippen LogP) is 2.65. The molecule has 1 aliphatic carbocycles. The van der Waals surface area contributed by atoms with Gasteiger partial charge in [0, 0.05) is 0 Å². The molecule has 0 saturated heterocycles. The van der Waals surface area contributed by atoms with Gasteiger partial charge in [0.05, 0.1) is 13.2 Å². The lowest BCUT2D eigenvalue weighted by Crippen LogP contribution is -2.42. The topological polar surface area (TPSA) is 61.8 Å². The third-order valence-corrected chi connectivity index (χ3v) is 3.66. The molecule has 120 valence electrons. The molecule has 5 nitrogen and oxygen atoms in total. The summed E-state index contributed by atoms with van der Waals surface area (Å²) in [4.78, 5) is 24.4. The molecule has 22 heavy (non-hydrogen) atoms. The molecular formula is C17H22O5. The van der Waals surface area contributed by atoms with Gasteiger partial charge in [0.25, 0.3) is 0 Å². The number of hydrogen-bond acceptors (Lipinski definition) is 5. The summed E-state index contributed by atoms with van der Waals surface area (Å²) in [5, 5.41) is 0. The average Bonchev–Trinajstić information content (AvgIpc) is 3.22. The molecule has 0 spiro atoms. The number of carbonyl (C=O) groups is 2. The van der Waals surface area contributed by atoms with Gasteiger partial charge in [0.2, 0.25) is 0 Å². The van der Waals surface area contributed by atoms with Crippen LogP contribution in [0.3, 0.4) is 0 Å². The maximum Gasteiger partial charge on any atom is 0.324 e. The highest BCUT2D eigenvalue weighted by Gasteiger charge is 2.60. The Morgan fingerprint density at radius 1 is 1.05 bits per heavy atom. The maximum absolute atomic E-state index is 12.2. The average molecular weight is 306 g/mol. The molecule has 0 atom stereocenters. The summed E-state index contributed by atoms with van der Waals surface area (Å²) in [6, 6.07) is 7.52. The Kier molecular flexibility index (Phi) is 5.06. The summed E-state index contributed by atoms with van der Waals surface area (Å²) in [6.07, 6.45) is 1.26. The minimum absolute atomic E-state index is 0.218. The van der Waals surface area contributed by atoms with Crippen LogP contribution in [0, 0.1) is 12.8 Å². The molecule has 5 heteroatoms. The van der Waals surface area contributed by atoms with E-state index in [9.17, 15) is 9.59 Å². The Morgan fingerprint density at radius 2 is 1.55 bits per heavy atom. The quantitative estimate of drug-likeness (QED) is 0.572. The molecule has 1 aromatic rings. The first-order chi connectivity index (χ1) is 10.5. The van der Waals surface area contributed by atoms with Crippen LogP contribution >= 0.6 is 0 Å². The second kappa shape index (κ2) is 6.81. The van der Waals surface area contributed by atoms with Gasteiger partial charge < -0.3 is 14.2 Å². The molecule has 0 aliphatic heterocycles. The monoisotopic (exact) mass is 306 g/mol. The van der Waals surface area contributed by atoms with Gasteiger partial charge in [0.15, 0.2) is 5.92 Å². The van der Waals surface area contributed by atoms with Gasteiger partial charge in [-0.1, -0.05) is 17.7 Å². The molecule has 0 aromatic heterocycles. The SMILES string of the molecule is CCOC(=O)C(C(=O)OCC)C1(Oc2ccc(C)cc2)CC1. The van der Waals surface area contributed by atoms with Gasteiger partial charge in [-0.05, 0) is 45.7 Å². The van der Waals surface area contributed by atoms with Crippen molar-refractivity contribution in [1.29, 1.82) is 0 Å². The first-order valence-corrected chi connectivity index (χ1v) is 7.61. The van der Waals surface area contributed by atoms with E-state index in [4.69, 9.17) is 14.2 Å². The lowest BCUT2D eigenvalue weighted by Gasteiger charge is -2.25. The summed E-state index contributed by atoms with van der Waals surface area (Å²) in [7, 11) is 0. The Balaban J connectivity index is 2.19. The van der Waals surface area contributed by atoms with Gasteiger partial charge in [0.1, 0.15) is 11.4 Å². The summed E-state index contributed by atoms with van der Waals surface area (Å²) in [5.74, 6) is -1.55. The number of esters is 2. The van der Waals surface area contributed by atoms with Crippen LogP contribution < -0.4 is 4.74 Å². The molecule has 0 unspecified atom stereocenters. The molecule has 0 radical (unpaired) electrons. The molecule has 1 aliphatic rings. The summed E-state index contributed by atoms with van der Waals surface area (Å²) >= 11 is 0. The number of hydrogen-bond donors (Lipinski definition) is 0. The molecule has 0 amide bonds. The summed E-state index contributed by atoms with van der Waals surface area (Å²) < 4.78 is 16.0. The second-order valence-corrected chi connectivity index (χ2v) is 5.42. The zero-order chi connectivity index (χ0) is 16.2. The van der Waals surface area contributed by atoms with Crippen molar-refractivity contribution in [2.24, 2.45) is 5.92 Å². The van der Waals surface area contributed by atoms with E-state index in [-0.39, 0.29) is 13.2 Å². The predicted molar refractivity (Wildman–Crippen MR) is 80.5 cm³/mol. The molecule has 1 aromatic carbocycles. The van der Waals surface area contributed by atoms with E-state index in [0.29, 0.717) is 18.6 Å². The Hall–Kier alpha value is -2.04. The van der Waals surface area contributed by atoms with E-state index >= 15 is 0 Å². The van der Waals surface area contributed by atoms with Crippen molar-refractivity contribution >= 4 is 11.9 Å². The number of benzene rings is 1. The van der Waals surface area contributed by atoms with Crippen molar-refractivity contribution in [3.63, 3.8) is 0 Å². The fourth-order valence-corrected chi connectivity index (χ4v) is 2.39. The molecule has 2 rings (SSSR count).